The zero-order valence-electron chi connectivity index (χ0n) is 33.0. The molecule has 2 N–H and O–H groups in total. The van der Waals surface area contributed by atoms with Crippen molar-refractivity contribution in [1.29, 1.82) is 0 Å². The van der Waals surface area contributed by atoms with E-state index in [0.717, 1.165) is 11.1 Å². The zero-order valence-corrected chi connectivity index (χ0v) is 33.0. The third kappa shape index (κ3) is 9.64. The average molecular weight is 773 g/mol. The molecule has 57 heavy (non-hydrogen) atoms. The van der Waals surface area contributed by atoms with E-state index in [-0.39, 0.29) is 31.1 Å². The largest absolute Gasteiger partial charge is 0.459 e. The van der Waals surface area contributed by atoms with Crippen LogP contribution in [0.5, 0.6) is 11.5 Å². The smallest absolute Gasteiger partial charge is 0.338 e. The molecule has 0 spiro atoms. The molecular weight excluding hydrogens is 725 g/mol. The molecule has 0 aromatic heterocycles. The van der Waals surface area contributed by atoms with Crippen molar-refractivity contribution >= 4 is 24.0 Å². The maximum atomic E-state index is 13.4. The van der Waals surface area contributed by atoms with Crippen LogP contribution in [0.2, 0.25) is 0 Å². The lowest BCUT2D eigenvalue weighted by Gasteiger charge is -2.35. The molecule has 4 amide bonds. The SMILES string of the molecule is CC1=C(C(=O)OC(C)C)C(c2ccc(OCOc3ccc(C4NC(=O)N(Cc5ccccc5)C(C)=C4C(=O)OC(C)C)cc3)cc2)NC(=O)N1Cc1ccccc1. The van der Waals surface area contributed by atoms with Crippen LogP contribution in [-0.2, 0) is 32.2 Å². The van der Waals surface area contributed by atoms with Gasteiger partial charge in [0, 0.05) is 11.4 Å². The first kappa shape index (κ1) is 40.1. The molecule has 2 heterocycles. The lowest BCUT2D eigenvalue weighted by Crippen LogP contribution is -2.47. The average Bonchev–Trinajstić information content (AvgIpc) is 3.18. The highest BCUT2D eigenvalue weighted by Crippen LogP contribution is 2.35. The summed E-state index contributed by atoms with van der Waals surface area (Å²) in [6.07, 6.45) is -0.691. The topological polar surface area (TPSA) is 136 Å². The minimum absolute atomic E-state index is 0.113. The molecule has 0 saturated carbocycles. The number of hydrogen-bond acceptors (Lipinski definition) is 8. The van der Waals surface area contributed by atoms with Crippen LogP contribution in [0.4, 0.5) is 9.59 Å². The molecule has 0 bridgehead atoms. The summed E-state index contributed by atoms with van der Waals surface area (Å²) in [4.78, 5) is 56.6. The standard InChI is InChI=1S/C45H48N4O8/c1-28(2)56-42(50)38-30(5)48(25-32-13-9-7-10-14-32)44(52)46-40(38)34-17-21-36(22-18-34)54-27-55-37-23-19-35(20-24-37)41-39(43(51)57-29(3)4)31(6)49(45(53)47-41)26-33-15-11-8-12-16-33/h7-24,28-29,40-41H,25-27H2,1-6H3,(H,46,52)(H,47,53). The summed E-state index contributed by atoms with van der Waals surface area (Å²) < 4.78 is 23.0. The maximum absolute atomic E-state index is 13.4. The van der Waals surface area contributed by atoms with Gasteiger partial charge in [0.2, 0.25) is 6.79 Å². The summed E-state index contributed by atoms with van der Waals surface area (Å²) in [6.45, 7) is 11.1. The normalized spacial score (nSPS) is 17.1. The Bertz CT molecular complexity index is 1980. The number of carbonyl (C=O) groups is 4. The molecule has 2 aliphatic heterocycles. The first-order chi connectivity index (χ1) is 27.4. The van der Waals surface area contributed by atoms with Crippen LogP contribution in [0.25, 0.3) is 0 Å². The first-order valence-corrected chi connectivity index (χ1v) is 18.9. The van der Waals surface area contributed by atoms with Gasteiger partial charge in [-0.05, 0) is 88.1 Å². The molecule has 2 aliphatic rings. The fraction of sp³-hybridized carbons (Fsp3) is 0.289. The molecule has 0 radical (unpaired) electrons. The van der Waals surface area contributed by atoms with Gasteiger partial charge in [-0.3, -0.25) is 9.80 Å². The predicted molar refractivity (Wildman–Crippen MR) is 213 cm³/mol. The molecule has 4 aromatic rings. The van der Waals surface area contributed by atoms with Crippen molar-refractivity contribution in [3.8, 4) is 11.5 Å². The van der Waals surface area contributed by atoms with Crippen LogP contribution in [-0.4, -0.2) is 52.8 Å². The Morgan fingerprint density at radius 3 is 1.25 bits per heavy atom. The highest BCUT2D eigenvalue weighted by molar-refractivity contribution is 5.96. The molecule has 0 aliphatic carbocycles. The number of ether oxygens (including phenoxy) is 4. The fourth-order valence-electron chi connectivity index (χ4n) is 6.74. The van der Waals surface area contributed by atoms with Crippen LogP contribution >= 0.6 is 0 Å². The fourth-order valence-corrected chi connectivity index (χ4v) is 6.74. The molecular formula is C45H48N4O8. The van der Waals surface area contributed by atoms with E-state index in [1.807, 2.05) is 60.7 Å². The molecule has 2 unspecified atom stereocenters. The lowest BCUT2D eigenvalue weighted by atomic mass is 9.94. The van der Waals surface area contributed by atoms with E-state index in [4.69, 9.17) is 18.9 Å². The van der Waals surface area contributed by atoms with Gasteiger partial charge in [-0.15, -0.1) is 0 Å². The molecule has 6 rings (SSSR count). The van der Waals surface area contributed by atoms with E-state index in [2.05, 4.69) is 10.6 Å². The number of nitrogens with zero attached hydrogens (tertiary/aromatic N) is 2. The quantitative estimate of drug-likeness (QED) is 0.0971. The lowest BCUT2D eigenvalue weighted by molar-refractivity contribution is -0.144. The molecule has 12 nitrogen and oxygen atoms in total. The van der Waals surface area contributed by atoms with Crippen molar-refractivity contribution in [3.05, 3.63) is 154 Å². The van der Waals surface area contributed by atoms with Crippen LogP contribution in [0, 0.1) is 0 Å². The van der Waals surface area contributed by atoms with Gasteiger partial charge < -0.3 is 29.6 Å². The molecule has 0 saturated heterocycles. The highest BCUT2D eigenvalue weighted by Gasteiger charge is 2.38. The zero-order chi connectivity index (χ0) is 40.6. The van der Waals surface area contributed by atoms with Gasteiger partial charge in [0.1, 0.15) is 11.5 Å². The number of urea groups is 2. The summed E-state index contributed by atoms with van der Waals surface area (Å²) in [5.41, 5.74) is 4.96. The van der Waals surface area contributed by atoms with Gasteiger partial charge in [-0.1, -0.05) is 84.9 Å². The number of carbonyl (C=O) groups excluding carboxylic acids is 4. The maximum Gasteiger partial charge on any atom is 0.338 e. The Labute approximate surface area is 333 Å². The van der Waals surface area contributed by atoms with Gasteiger partial charge >= 0.3 is 24.0 Å². The van der Waals surface area contributed by atoms with E-state index >= 15 is 0 Å². The second-order valence-corrected chi connectivity index (χ2v) is 14.4. The number of allylic oxidation sites excluding steroid dienone is 2. The number of nitrogens with one attached hydrogen (secondary N) is 2. The van der Waals surface area contributed by atoms with Gasteiger partial charge in [-0.25, -0.2) is 19.2 Å². The van der Waals surface area contributed by atoms with E-state index in [1.165, 1.54) is 0 Å². The van der Waals surface area contributed by atoms with Gasteiger partial charge in [-0.2, -0.15) is 0 Å². The van der Waals surface area contributed by atoms with Gasteiger partial charge in [0.25, 0.3) is 0 Å². The third-order valence-corrected chi connectivity index (χ3v) is 9.56. The summed E-state index contributed by atoms with van der Waals surface area (Å²) in [5.74, 6) is 0.0152. The van der Waals surface area contributed by atoms with Crippen LogP contribution in [0.15, 0.2) is 132 Å². The Kier molecular flexibility index (Phi) is 12.6. The minimum Gasteiger partial charge on any atom is -0.459 e. The Morgan fingerprint density at radius 1 is 0.561 bits per heavy atom. The predicted octanol–water partition coefficient (Wildman–Crippen LogP) is 8.09. The summed E-state index contributed by atoms with van der Waals surface area (Å²) in [6, 6.07) is 31.1. The number of benzene rings is 4. The molecule has 296 valence electrons. The second kappa shape index (κ2) is 17.9. The Balaban J connectivity index is 1.12. The number of amides is 4. The summed E-state index contributed by atoms with van der Waals surface area (Å²) in [5, 5.41) is 5.98. The monoisotopic (exact) mass is 772 g/mol. The van der Waals surface area contributed by atoms with Crippen LogP contribution in [0.3, 0.4) is 0 Å². The first-order valence-electron chi connectivity index (χ1n) is 18.9. The Hall–Kier alpha value is -6.56. The third-order valence-electron chi connectivity index (χ3n) is 9.56. The number of esters is 2. The Morgan fingerprint density at radius 2 is 0.912 bits per heavy atom. The molecule has 4 aromatic carbocycles. The van der Waals surface area contributed by atoms with Crippen molar-refractivity contribution in [2.75, 3.05) is 6.79 Å². The minimum atomic E-state index is -0.730. The van der Waals surface area contributed by atoms with E-state index < -0.39 is 24.0 Å². The highest BCUT2D eigenvalue weighted by atomic mass is 16.7. The molecule has 2 atom stereocenters. The molecule has 12 heteroatoms. The van der Waals surface area contributed by atoms with E-state index in [9.17, 15) is 19.2 Å². The number of rotatable bonds is 14. The number of hydrogen-bond donors (Lipinski definition) is 2. The summed E-state index contributed by atoms with van der Waals surface area (Å²) >= 11 is 0. The van der Waals surface area contributed by atoms with Crippen molar-refractivity contribution in [2.24, 2.45) is 0 Å². The van der Waals surface area contributed by atoms with Crippen molar-refractivity contribution in [1.82, 2.24) is 20.4 Å². The van der Waals surface area contributed by atoms with Crippen molar-refractivity contribution in [2.45, 2.75) is 78.9 Å². The van der Waals surface area contributed by atoms with E-state index in [0.29, 0.717) is 58.3 Å². The van der Waals surface area contributed by atoms with Crippen molar-refractivity contribution < 1.29 is 38.1 Å². The van der Waals surface area contributed by atoms with Crippen molar-refractivity contribution in [3.63, 3.8) is 0 Å². The van der Waals surface area contributed by atoms with Gasteiger partial charge in [0.15, 0.2) is 0 Å². The summed E-state index contributed by atoms with van der Waals surface area (Å²) in [7, 11) is 0. The van der Waals surface area contributed by atoms with Crippen LogP contribution < -0.4 is 20.1 Å². The van der Waals surface area contributed by atoms with Gasteiger partial charge in [0.05, 0.1) is 48.5 Å². The van der Waals surface area contributed by atoms with Crippen LogP contribution in [0.1, 0.15) is 75.9 Å². The second-order valence-electron chi connectivity index (χ2n) is 14.4. The van der Waals surface area contributed by atoms with E-state index in [1.54, 1.807) is 99.9 Å². The molecule has 0 fully saturated rings.